The van der Waals surface area contributed by atoms with E-state index < -0.39 is 10.2 Å². The predicted octanol–water partition coefficient (Wildman–Crippen LogP) is -0.809. The topological polar surface area (TPSA) is 49.4 Å². The summed E-state index contributed by atoms with van der Waals surface area (Å²) in [4.78, 5) is 1.94. The highest BCUT2D eigenvalue weighted by Gasteiger charge is 2.13. The Morgan fingerprint density at radius 1 is 1.33 bits per heavy atom. The van der Waals surface area contributed by atoms with Gasteiger partial charge in [-0.15, -0.1) is 3.89 Å². The molecule has 1 N–H and O–H groups in total. The lowest BCUT2D eigenvalue weighted by atomic mass is 10.4. The Morgan fingerprint density at radius 3 is 2.42 bits per heavy atom. The van der Waals surface area contributed by atoms with Crippen molar-refractivity contribution in [1.82, 2.24) is 10.2 Å². The average molecular weight is 196 g/mol. The molecule has 0 aromatic heterocycles. The molecule has 1 aliphatic heterocycles. The molecular formula is C6H13FN2O2S. The summed E-state index contributed by atoms with van der Waals surface area (Å²) in [6, 6.07) is 0. The normalized spacial score (nSPS) is 21.1. The van der Waals surface area contributed by atoms with E-state index in [-0.39, 0.29) is 5.75 Å². The highest BCUT2D eigenvalue weighted by atomic mass is 32.3. The first-order valence-corrected chi connectivity index (χ1v) is 5.48. The Morgan fingerprint density at radius 2 is 1.92 bits per heavy atom. The third-order valence-electron chi connectivity index (χ3n) is 1.86. The minimum atomic E-state index is -4.29. The second-order valence-electron chi connectivity index (χ2n) is 2.83. The number of hydrogen-bond acceptors (Lipinski definition) is 4. The van der Waals surface area contributed by atoms with E-state index in [9.17, 15) is 12.3 Å². The quantitative estimate of drug-likeness (QED) is 0.600. The molecule has 4 nitrogen and oxygen atoms in total. The van der Waals surface area contributed by atoms with E-state index in [1.54, 1.807) is 0 Å². The van der Waals surface area contributed by atoms with Crippen LogP contribution in [0, 0.1) is 0 Å². The van der Waals surface area contributed by atoms with Crippen molar-refractivity contribution in [3.8, 4) is 0 Å². The molecule has 0 amide bonds. The van der Waals surface area contributed by atoms with E-state index in [2.05, 4.69) is 5.32 Å². The fourth-order valence-corrected chi connectivity index (χ4v) is 1.65. The molecule has 0 aromatic carbocycles. The lowest BCUT2D eigenvalue weighted by Gasteiger charge is -2.26. The second-order valence-corrected chi connectivity index (χ2v) is 4.32. The maximum atomic E-state index is 12.1. The van der Waals surface area contributed by atoms with E-state index in [0.29, 0.717) is 6.54 Å². The van der Waals surface area contributed by atoms with E-state index in [4.69, 9.17) is 0 Å². The molecule has 72 valence electrons. The van der Waals surface area contributed by atoms with E-state index in [1.807, 2.05) is 4.90 Å². The minimum Gasteiger partial charge on any atom is -0.314 e. The summed E-state index contributed by atoms with van der Waals surface area (Å²) in [6.45, 7) is 3.62. The zero-order valence-corrected chi connectivity index (χ0v) is 7.61. The SMILES string of the molecule is O=S(=O)(F)CCN1CCNCC1. The van der Waals surface area contributed by atoms with Crippen molar-refractivity contribution in [2.75, 3.05) is 38.5 Å². The first kappa shape index (κ1) is 9.88. The van der Waals surface area contributed by atoms with Crippen LogP contribution in [0.4, 0.5) is 3.89 Å². The van der Waals surface area contributed by atoms with E-state index >= 15 is 0 Å². The summed E-state index contributed by atoms with van der Waals surface area (Å²) in [5, 5.41) is 3.13. The van der Waals surface area contributed by atoms with Crippen molar-refractivity contribution < 1.29 is 12.3 Å². The van der Waals surface area contributed by atoms with Gasteiger partial charge in [0.25, 0.3) is 0 Å². The smallest absolute Gasteiger partial charge is 0.303 e. The van der Waals surface area contributed by atoms with Crippen LogP contribution < -0.4 is 5.32 Å². The van der Waals surface area contributed by atoms with E-state index in [0.717, 1.165) is 26.2 Å². The number of nitrogens with zero attached hydrogens (tertiary/aromatic N) is 1. The van der Waals surface area contributed by atoms with Crippen molar-refractivity contribution in [3.05, 3.63) is 0 Å². The lowest BCUT2D eigenvalue weighted by molar-refractivity contribution is 0.253. The minimum absolute atomic E-state index is 0.306. The van der Waals surface area contributed by atoms with Crippen LogP contribution in [0.2, 0.25) is 0 Å². The van der Waals surface area contributed by atoms with Crippen LogP contribution in [0.5, 0.6) is 0 Å². The summed E-state index contributed by atoms with van der Waals surface area (Å²) in [6.07, 6.45) is 0. The largest absolute Gasteiger partial charge is 0.314 e. The van der Waals surface area contributed by atoms with Gasteiger partial charge >= 0.3 is 10.2 Å². The highest BCUT2D eigenvalue weighted by Crippen LogP contribution is 1.96. The van der Waals surface area contributed by atoms with Crippen LogP contribution in [0.25, 0.3) is 0 Å². The monoisotopic (exact) mass is 196 g/mol. The summed E-state index contributed by atoms with van der Waals surface area (Å²) in [7, 11) is -4.29. The van der Waals surface area contributed by atoms with Crippen LogP contribution in [0.15, 0.2) is 0 Å². The Hall–Kier alpha value is -0.200. The highest BCUT2D eigenvalue weighted by molar-refractivity contribution is 7.86. The van der Waals surface area contributed by atoms with Crippen molar-refractivity contribution in [2.45, 2.75) is 0 Å². The number of halogens is 1. The van der Waals surface area contributed by atoms with Crippen LogP contribution in [-0.2, 0) is 10.2 Å². The van der Waals surface area contributed by atoms with Crippen LogP contribution >= 0.6 is 0 Å². The Kier molecular flexibility index (Phi) is 3.42. The fourth-order valence-electron chi connectivity index (χ4n) is 1.17. The average Bonchev–Trinajstić information content (AvgIpc) is 2.02. The third-order valence-corrected chi connectivity index (χ3v) is 2.53. The summed E-state index contributed by atoms with van der Waals surface area (Å²) in [5.41, 5.74) is 0. The number of hydrogen-bond donors (Lipinski definition) is 1. The molecule has 0 radical (unpaired) electrons. The van der Waals surface area contributed by atoms with Gasteiger partial charge in [0.05, 0.1) is 5.75 Å². The third kappa shape index (κ3) is 3.99. The van der Waals surface area contributed by atoms with Crippen LogP contribution in [0.1, 0.15) is 0 Å². The van der Waals surface area contributed by atoms with Gasteiger partial charge in [0.2, 0.25) is 0 Å². The molecule has 1 aliphatic rings. The van der Waals surface area contributed by atoms with Crippen molar-refractivity contribution >= 4 is 10.2 Å². The summed E-state index contributed by atoms with van der Waals surface area (Å²) >= 11 is 0. The molecule has 0 atom stereocenters. The number of rotatable bonds is 3. The molecule has 1 rings (SSSR count). The Labute approximate surface area is 72.0 Å². The molecule has 0 unspecified atom stereocenters. The van der Waals surface area contributed by atoms with Crippen molar-refractivity contribution in [1.29, 1.82) is 0 Å². The molecule has 0 aromatic rings. The van der Waals surface area contributed by atoms with E-state index in [1.165, 1.54) is 0 Å². The molecule has 1 fully saturated rings. The summed E-state index contributed by atoms with van der Waals surface area (Å²) < 4.78 is 32.4. The van der Waals surface area contributed by atoms with Crippen molar-refractivity contribution in [2.24, 2.45) is 0 Å². The predicted molar refractivity (Wildman–Crippen MR) is 44.2 cm³/mol. The standard InChI is InChI=1S/C6H13FN2O2S/c7-12(10,11)6-5-9-3-1-8-2-4-9/h8H,1-6H2. The molecule has 1 saturated heterocycles. The van der Waals surface area contributed by atoms with Crippen molar-refractivity contribution in [3.63, 3.8) is 0 Å². The molecule has 1 heterocycles. The fraction of sp³-hybridized carbons (Fsp3) is 1.00. The van der Waals surface area contributed by atoms with Gasteiger partial charge in [-0.1, -0.05) is 0 Å². The first-order chi connectivity index (χ1) is 5.58. The molecule has 0 aliphatic carbocycles. The van der Waals surface area contributed by atoms with Gasteiger partial charge in [0.15, 0.2) is 0 Å². The number of nitrogens with one attached hydrogen (secondary N) is 1. The maximum Gasteiger partial charge on any atom is 0.303 e. The summed E-state index contributed by atoms with van der Waals surface area (Å²) in [5.74, 6) is -0.382. The van der Waals surface area contributed by atoms with Gasteiger partial charge in [-0.3, -0.25) is 4.90 Å². The molecule has 12 heavy (non-hydrogen) atoms. The molecular weight excluding hydrogens is 183 g/mol. The number of piperazine rings is 1. The molecule has 6 heteroatoms. The second kappa shape index (κ2) is 4.15. The van der Waals surface area contributed by atoms with Crippen LogP contribution in [0.3, 0.4) is 0 Å². The van der Waals surface area contributed by atoms with Gasteiger partial charge in [0.1, 0.15) is 0 Å². The first-order valence-electron chi connectivity index (χ1n) is 3.93. The molecule has 0 saturated carbocycles. The van der Waals surface area contributed by atoms with Gasteiger partial charge in [0, 0.05) is 32.7 Å². The molecule has 0 bridgehead atoms. The van der Waals surface area contributed by atoms with Crippen LogP contribution in [-0.4, -0.2) is 51.8 Å². The zero-order chi connectivity index (χ0) is 9.03. The van der Waals surface area contributed by atoms with Gasteiger partial charge in [-0.2, -0.15) is 8.42 Å². The maximum absolute atomic E-state index is 12.1. The molecule has 0 spiro atoms. The van der Waals surface area contributed by atoms with Gasteiger partial charge < -0.3 is 5.32 Å². The Balaban J connectivity index is 2.22. The van der Waals surface area contributed by atoms with Gasteiger partial charge in [-0.25, -0.2) is 0 Å². The Bertz CT molecular complexity index is 224. The van der Waals surface area contributed by atoms with Gasteiger partial charge in [-0.05, 0) is 0 Å². The lowest BCUT2D eigenvalue weighted by Crippen LogP contribution is -2.44. The zero-order valence-electron chi connectivity index (χ0n) is 6.79.